The molecule has 3 heteroatoms. The van der Waals surface area contributed by atoms with Crippen LogP contribution in [-0.2, 0) is 0 Å². The van der Waals surface area contributed by atoms with E-state index in [1.807, 2.05) is 23.1 Å². The van der Waals surface area contributed by atoms with Crippen LogP contribution in [0.3, 0.4) is 0 Å². The highest BCUT2D eigenvalue weighted by atomic mass is 16.2. The maximum atomic E-state index is 12.8. The topological polar surface area (TPSA) is 32.3 Å². The Hall–Kier alpha value is -1.51. The molecule has 0 heterocycles. The summed E-state index contributed by atoms with van der Waals surface area (Å²) >= 11 is 0. The lowest BCUT2D eigenvalue weighted by atomic mass is 10.1. The van der Waals surface area contributed by atoms with Crippen molar-refractivity contribution >= 4 is 11.6 Å². The summed E-state index contributed by atoms with van der Waals surface area (Å²) in [7, 11) is 0. The fourth-order valence-electron chi connectivity index (χ4n) is 2.42. The molecule has 1 amide bonds. The number of anilines is 1. The largest absolute Gasteiger partial charge is 0.385 e. The summed E-state index contributed by atoms with van der Waals surface area (Å²) in [5, 5.41) is 3.31. The molecule has 0 saturated heterocycles. The molecule has 0 bridgehead atoms. The third-order valence-corrected chi connectivity index (χ3v) is 3.98. The molecule has 0 saturated carbocycles. The van der Waals surface area contributed by atoms with E-state index in [1.165, 1.54) is 0 Å². The molecule has 1 N–H and O–H groups in total. The van der Waals surface area contributed by atoms with Gasteiger partial charge in [0.25, 0.3) is 5.91 Å². The van der Waals surface area contributed by atoms with Crippen molar-refractivity contribution in [2.45, 2.75) is 59.9 Å². The molecular formula is C18H30N2O. The smallest absolute Gasteiger partial charge is 0.254 e. The highest BCUT2D eigenvalue weighted by Gasteiger charge is 2.20. The summed E-state index contributed by atoms with van der Waals surface area (Å²) in [6, 6.07) is 6.24. The number of hydrogen-bond acceptors (Lipinski definition) is 2. The Bertz CT molecular complexity index is 457. The van der Waals surface area contributed by atoms with Gasteiger partial charge in [-0.25, -0.2) is 0 Å². The molecule has 1 aromatic carbocycles. The summed E-state index contributed by atoms with van der Waals surface area (Å²) in [5.41, 5.74) is 3.03. The van der Waals surface area contributed by atoms with Crippen molar-refractivity contribution in [3.63, 3.8) is 0 Å². The van der Waals surface area contributed by atoms with E-state index in [-0.39, 0.29) is 11.9 Å². The van der Waals surface area contributed by atoms with Crippen molar-refractivity contribution in [3.8, 4) is 0 Å². The van der Waals surface area contributed by atoms with E-state index in [0.717, 1.165) is 49.2 Å². The van der Waals surface area contributed by atoms with Crippen molar-refractivity contribution in [2.24, 2.45) is 0 Å². The number of carbonyl (C=O) groups excluding carboxylic acids is 1. The van der Waals surface area contributed by atoms with Crippen LogP contribution in [0.4, 0.5) is 5.69 Å². The molecule has 1 atom stereocenters. The lowest BCUT2D eigenvalue weighted by Gasteiger charge is -2.29. The van der Waals surface area contributed by atoms with Gasteiger partial charge in [-0.2, -0.15) is 0 Å². The van der Waals surface area contributed by atoms with Crippen molar-refractivity contribution in [2.75, 3.05) is 18.4 Å². The van der Waals surface area contributed by atoms with Crippen LogP contribution < -0.4 is 5.32 Å². The molecule has 0 radical (unpaired) electrons. The molecule has 0 spiro atoms. The number of rotatable bonds is 8. The Balaban J connectivity index is 2.94. The minimum absolute atomic E-state index is 0.156. The molecule has 21 heavy (non-hydrogen) atoms. The Morgan fingerprint density at radius 2 is 2.00 bits per heavy atom. The van der Waals surface area contributed by atoms with Crippen LogP contribution in [0, 0.1) is 6.92 Å². The van der Waals surface area contributed by atoms with Crippen LogP contribution in [0.2, 0.25) is 0 Å². The Morgan fingerprint density at radius 1 is 1.29 bits per heavy atom. The Labute approximate surface area is 129 Å². The van der Waals surface area contributed by atoms with Crippen LogP contribution in [0.1, 0.15) is 62.9 Å². The monoisotopic (exact) mass is 290 g/mol. The number of hydrogen-bond donors (Lipinski definition) is 1. The second-order valence-electron chi connectivity index (χ2n) is 5.67. The van der Waals surface area contributed by atoms with Crippen molar-refractivity contribution in [1.29, 1.82) is 0 Å². The van der Waals surface area contributed by atoms with Crippen molar-refractivity contribution < 1.29 is 4.79 Å². The predicted octanol–water partition coefficient (Wildman–Crippen LogP) is 4.47. The summed E-state index contributed by atoms with van der Waals surface area (Å²) in [5.74, 6) is 0.156. The van der Waals surface area contributed by atoms with Gasteiger partial charge in [0.05, 0.1) is 0 Å². The number of nitrogens with zero attached hydrogens (tertiary/aromatic N) is 1. The maximum absolute atomic E-state index is 12.8. The van der Waals surface area contributed by atoms with Gasteiger partial charge in [0.1, 0.15) is 0 Å². The fraction of sp³-hybridized carbons (Fsp3) is 0.611. The first-order valence-corrected chi connectivity index (χ1v) is 8.20. The van der Waals surface area contributed by atoms with Crippen molar-refractivity contribution in [3.05, 3.63) is 29.3 Å². The number of aryl methyl sites for hydroxylation is 1. The maximum Gasteiger partial charge on any atom is 0.254 e. The van der Waals surface area contributed by atoms with Gasteiger partial charge in [-0.15, -0.1) is 0 Å². The first-order chi connectivity index (χ1) is 10.0. The summed E-state index contributed by atoms with van der Waals surface area (Å²) < 4.78 is 0. The van der Waals surface area contributed by atoms with E-state index < -0.39 is 0 Å². The number of nitrogens with one attached hydrogen (secondary N) is 1. The minimum Gasteiger partial charge on any atom is -0.385 e. The molecule has 1 aromatic rings. The summed E-state index contributed by atoms with van der Waals surface area (Å²) in [6.07, 6.45) is 3.16. The lowest BCUT2D eigenvalue weighted by Crippen LogP contribution is -2.39. The number of amides is 1. The molecule has 0 aromatic heterocycles. The van der Waals surface area contributed by atoms with Gasteiger partial charge in [-0.05, 0) is 57.4 Å². The van der Waals surface area contributed by atoms with Crippen LogP contribution in [-0.4, -0.2) is 29.9 Å². The average molecular weight is 290 g/mol. The first kappa shape index (κ1) is 17.5. The van der Waals surface area contributed by atoms with Gasteiger partial charge in [-0.1, -0.05) is 20.3 Å². The van der Waals surface area contributed by atoms with Crippen molar-refractivity contribution in [1.82, 2.24) is 4.90 Å². The molecular weight excluding hydrogens is 260 g/mol. The van der Waals surface area contributed by atoms with E-state index in [9.17, 15) is 4.79 Å². The van der Waals surface area contributed by atoms with Gasteiger partial charge < -0.3 is 10.2 Å². The molecule has 0 aliphatic heterocycles. The number of benzene rings is 1. The molecule has 0 aliphatic rings. The minimum atomic E-state index is 0.156. The molecule has 3 nitrogen and oxygen atoms in total. The summed E-state index contributed by atoms with van der Waals surface area (Å²) in [6.45, 7) is 12.3. The van der Waals surface area contributed by atoms with E-state index in [1.54, 1.807) is 0 Å². The van der Waals surface area contributed by atoms with Crippen LogP contribution in [0.25, 0.3) is 0 Å². The molecule has 0 fully saturated rings. The zero-order chi connectivity index (χ0) is 15.8. The Kier molecular flexibility index (Phi) is 7.27. The molecule has 1 unspecified atom stereocenters. The fourth-order valence-corrected chi connectivity index (χ4v) is 2.42. The number of carbonyl (C=O) groups is 1. The van der Waals surface area contributed by atoms with Crippen LogP contribution in [0.5, 0.6) is 0 Å². The van der Waals surface area contributed by atoms with E-state index in [4.69, 9.17) is 0 Å². The SMILES string of the molecule is CCCCN(C(=O)c1ccc(NCC)c(C)c1)C(C)CC. The second kappa shape index (κ2) is 8.71. The second-order valence-corrected chi connectivity index (χ2v) is 5.67. The first-order valence-electron chi connectivity index (χ1n) is 8.20. The normalized spacial score (nSPS) is 12.0. The predicted molar refractivity (Wildman–Crippen MR) is 91.0 cm³/mol. The quantitative estimate of drug-likeness (QED) is 0.766. The zero-order valence-electron chi connectivity index (χ0n) is 14.2. The van der Waals surface area contributed by atoms with Gasteiger partial charge in [-0.3, -0.25) is 4.79 Å². The third kappa shape index (κ3) is 4.76. The molecule has 118 valence electrons. The molecule has 0 aliphatic carbocycles. The zero-order valence-corrected chi connectivity index (χ0v) is 14.2. The lowest BCUT2D eigenvalue weighted by molar-refractivity contribution is 0.0685. The van der Waals surface area contributed by atoms with Crippen LogP contribution in [0.15, 0.2) is 18.2 Å². The Morgan fingerprint density at radius 3 is 2.52 bits per heavy atom. The highest BCUT2D eigenvalue weighted by molar-refractivity contribution is 5.95. The van der Waals surface area contributed by atoms with Gasteiger partial charge in [0, 0.05) is 30.4 Å². The standard InChI is InChI=1S/C18H30N2O/c1-6-9-12-20(15(5)7-2)18(21)16-10-11-17(19-8-3)14(4)13-16/h10-11,13,15,19H,6-9,12H2,1-5H3. The van der Waals surface area contributed by atoms with E-state index in [0.29, 0.717) is 0 Å². The highest BCUT2D eigenvalue weighted by Crippen LogP contribution is 2.19. The van der Waals surface area contributed by atoms with Gasteiger partial charge in [0.2, 0.25) is 0 Å². The van der Waals surface area contributed by atoms with E-state index in [2.05, 4.69) is 39.9 Å². The average Bonchev–Trinajstić information content (AvgIpc) is 2.49. The summed E-state index contributed by atoms with van der Waals surface area (Å²) in [4.78, 5) is 14.8. The molecule has 1 rings (SSSR count). The van der Waals surface area contributed by atoms with E-state index >= 15 is 0 Å². The third-order valence-electron chi connectivity index (χ3n) is 3.98. The van der Waals surface area contributed by atoms with Gasteiger partial charge >= 0.3 is 0 Å². The van der Waals surface area contributed by atoms with Gasteiger partial charge in [0.15, 0.2) is 0 Å². The number of unbranched alkanes of at least 4 members (excludes halogenated alkanes) is 1. The van der Waals surface area contributed by atoms with Crippen LogP contribution >= 0.6 is 0 Å².